The number of carbonyl (C=O) groups is 1. The van der Waals surface area contributed by atoms with E-state index in [1.165, 1.54) is 4.90 Å². The maximum atomic E-state index is 12.0. The van der Waals surface area contributed by atoms with E-state index in [4.69, 9.17) is 0 Å². The molecule has 0 aliphatic carbocycles. The van der Waals surface area contributed by atoms with Crippen LogP contribution >= 0.6 is 11.8 Å². The summed E-state index contributed by atoms with van der Waals surface area (Å²) in [6.45, 7) is 5.96. The summed E-state index contributed by atoms with van der Waals surface area (Å²) in [5, 5.41) is 3.12. The average molecular weight is 284 g/mol. The molecule has 0 bridgehead atoms. The molecular weight excluding hydrogens is 265 g/mol. The third-order valence-electron chi connectivity index (χ3n) is 2.80. The summed E-state index contributed by atoms with van der Waals surface area (Å²) in [4.78, 5) is 13.5. The Morgan fingerprint density at radius 3 is 2.56 bits per heavy atom. The number of alkyl halides is 3. The van der Waals surface area contributed by atoms with E-state index in [2.05, 4.69) is 5.32 Å². The number of rotatable bonds is 5. The second-order valence-electron chi connectivity index (χ2n) is 4.85. The van der Waals surface area contributed by atoms with E-state index in [1.54, 1.807) is 6.92 Å². The zero-order chi connectivity index (χ0) is 13.9. The Kier molecular flexibility index (Phi) is 5.33. The number of nitrogens with zero attached hydrogens (tertiary/aromatic N) is 1. The molecule has 0 aromatic heterocycles. The van der Waals surface area contributed by atoms with E-state index in [-0.39, 0.29) is 42.2 Å². The zero-order valence-corrected chi connectivity index (χ0v) is 11.6. The van der Waals surface area contributed by atoms with Crippen LogP contribution in [0.3, 0.4) is 0 Å². The Balaban J connectivity index is 2.44. The number of halogens is 3. The third kappa shape index (κ3) is 4.68. The van der Waals surface area contributed by atoms with Gasteiger partial charge in [-0.1, -0.05) is 13.8 Å². The minimum atomic E-state index is -4.23. The largest absolute Gasteiger partial charge is 0.441 e. The molecule has 1 aliphatic rings. The lowest BCUT2D eigenvalue weighted by molar-refractivity contribution is -0.129. The standard InChI is InChI=1S/C11H19F3N2OS/c1-7(2)6-9-10(17)16(8(3)15-9)4-5-18-11(12,13)14/h7-9,15H,4-6H2,1-3H3. The van der Waals surface area contributed by atoms with Crippen LogP contribution in [0.25, 0.3) is 0 Å². The fourth-order valence-electron chi connectivity index (χ4n) is 2.05. The second kappa shape index (κ2) is 6.14. The van der Waals surface area contributed by atoms with Gasteiger partial charge < -0.3 is 4.90 Å². The first-order valence-electron chi connectivity index (χ1n) is 5.98. The molecule has 1 aliphatic heterocycles. The molecule has 2 atom stereocenters. The molecule has 18 heavy (non-hydrogen) atoms. The Morgan fingerprint density at radius 1 is 1.44 bits per heavy atom. The number of nitrogens with one attached hydrogen (secondary N) is 1. The molecular formula is C11H19F3N2OS. The Labute approximate surface area is 109 Å². The molecule has 1 heterocycles. The molecule has 0 spiro atoms. The van der Waals surface area contributed by atoms with Crippen molar-refractivity contribution in [1.29, 1.82) is 0 Å². The minimum Gasteiger partial charge on any atom is -0.325 e. The van der Waals surface area contributed by atoms with E-state index >= 15 is 0 Å². The maximum Gasteiger partial charge on any atom is 0.441 e. The summed E-state index contributed by atoms with van der Waals surface area (Å²) in [5.74, 6) is 0.178. The fourth-order valence-corrected chi connectivity index (χ4v) is 2.57. The van der Waals surface area contributed by atoms with Crippen LogP contribution in [0.4, 0.5) is 13.2 Å². The zero-order valence-electron chi connectivity index (χ0n) is 10.8. The monoisotopic (exact) mass is 284 g/mol. The van der Waals surface area contributed by atoms with Crippen LogP contribution in [0.2, 0.25) is 0 Å². The van der Waals surface area contributed by atoms with Gasteiger partial charge in [-0.15, -0.1) is 0 Å². The second-order valence-corrected chi connectivity index (χ2v) is 6.01. The molecule has 3 nitrogen and oxygen atoms in total. The van der Waals surface area contributed by atoms with Gasteiger partial charge in [-0.05, 0) is 31.0 Å². The van der Waals surface area contributed by atoms with Crippen molar-refractivity contribution in [2.45, 2.75) is 44.9 Å². The van der Waals surface area contributed by atoms with Gasteiger partial charge in [0.2, 0.25) is 5.91 Å². The van der Waals surface area contributed by atoms with E-state index in [1.807, 2.05) is 13.8 Å². The molecule has 1 amide bonds. The number of thioether (sulfide) groups is 1. The van der Waals surface area contributed by atoms with E-state index in [0.717, 1.165) is 0 Å². The maximum absolute atomic E-state index is 12.0. The smallest absolute Gasteiger partial charge is 0.325 e. The summed E-state index contributed by atoms with van der Waals surface area (Å²) in [5.41, 5.74) is -4.23. The van der Waals surface area contributed by atoms with Crippen molar-refractivity contribution in [1.82, 2.24) is 10.2 Å². The lowest BCUT2D eigenvalue weighted by Gasteiger charge is -2.20. The summed E-state index contributed by atoms with van der Waals surface area (Å²) >= 11 is -0.0820. The molecule has 0 saturated carbocycles. The van der Waals surface area contributed by atoms with Gasteiger partial charge in [0, 0.05) is 12.3 Å². The molecule has 0 radical (unpaired) electrons. The molecule has 106 valence electrons. The van der Waals surface area contributed by atoms with Crippen molar-refractivity contribution in [3.8, 4) is 0 Å². The summed E-state index contributed by atoms with van der Waals surface area (Å²) in [6, 6.07) is -0.254. The summed E-state index contributed by atoms with van der Waals surface area (Å²) in [7, 11) is 0. The molecule has 0 aromatic rings. The fraction of sp³-hybridized carbons (Fsp3) is 0.909. The van der Waals surface area contributed by atoms with Gasteiger partial charge in [0.15, 0.2) is 0 Å². The van der Waals surface area contributed by atoms with Crippen molar-refractivity contribution < 1.29 is 18.0 Å². The van der Waals surface area contributed by atoms with Gasteiger partial charge in [-0.2, -0.15) is 13.2 Å². The number of carbonyl (C=O) groups excluding carboxylic acids is 1. The van der Waals surface area contributed by atoms with E-state index in [0.29, 0.717) is 12.3 Å². The van der Waals surface area contributed by atoms with Crippen LogP contribution < -0.4 is 5.32 Å². The third-order valence-corrected chi connectivity index (χ3v) is 3.51. The summed E-state index contributed by atoms with van der Waals surface area (Å²) in [6.07, 6.45) is 0.529. The van der Waals surface area contributed by atoms with Gasteiger partial charge in [0.1, 0.15) is 0 Å². The van der Waals surface area contributed by atoms with Crippen molar-refractivity contribution >= 4 is 17.7 Å². The van der Waals surface area contributed by atoms with Crippen LogP contribution in [0.5, 0.6) is 0 Å². The van der Waals surface area contributed by atoms with Gasteiger partial charge in [-0.25, -0.2) is 0 Å². The lowest BCUT2D eigenvalue weighted by Crippen LogP contribution is -2.36. The Morgan fingerprint density at radius 2 is 2.06 bits per heavy atom. The lowest BCUT2D eigenvalue weighted by atomic mass is 10.0. The molecule has 1 N–H and O–H groups in total. The highest BCUT2D eigenvalue weighted by Gasteiger charge is 2.37. The van der Waals surface area contributed by atoms with Crippen LogP contribution in [-0.2, 0) is 4.79 Å². The van der Waals surface area contributed by atoms with Crippen molar-refractivity contribution in [2.24, 2.45) is 5.92 Å². The predicted octanol–water partition coefficient (Wildman–Crippen LogP) is 2.43. The quantitative estimate of drug-likeness (QED) is 0.841. The first kappa shape index (κ1) is 15.6. The average Bonchev–Trinajstić information content (AvgIpc) is 2.42. The first-order chi connectivity index (χ1) is 8.20. The van der Waals surface area contributed by atoms with Crippen LogP contribution in [-0.4, -0.2) is 40.8 Å². The van der Waals surface area contributed by atoms with Gasteiger partial charge in [-0.3, -0.25) is 10.1 Å². The van der Waals surface area contributed by atoms with Crippen molar-refractivity contribution in [3.63, 3.8) is 0 Å². The highest BCUT2D eigenvalue weighted by atomic mass is 32.2. The van der Waals surface area contributed by atoms with Crippen molar-refractivity contribution in [3.05, 3.63) is 0 Å². The number of amides is 1. The molecule has 7 heteroatoms. The van der Waals surface area contributed by atoms with Crippen LogP contribution in [0.15, 0.2) is 0 Å². The molecule has 2 unspecified atom stereocenters. The van der Waals surface area contributed by atoms with E-state index < -0.39 is 5.51 Å². The SMILES string of the molecule is CC(C)CC1NC(C)N(CCSC(F)(F)F)C1=O. The Bertz CT molecular complexity index is 297. The Hall–Kier alpha value is -0.430. The van der Waals surface area contributed by atoms with Crippen LogP contribution in [0, 0.1) is 5.92 Å². The molecule has 1 fully saturated rings. The van der Waals surface area contributed by atoms with Crippen LogP contribution in [0.1, 0.15) is 27.2 Å². The predicted molar refractivity (Wildman–Crippen MR) is 66.1 cm³/mol. The minimum absolute atomic E-state index is 0.0820. The first-order valence-corrected chi connectivity index (χ1v) is 6.96. The molecule has 1 rings (SSSR count). The number of hydrogen-bond donors (Lipinski definition) is 1. The van der Waals surface area contributed by atoms with Gasteiger partial charge >= 0.3 is 5.51 Å². The van der Waals surface area contributed by atoms with Gasteiger partial charge in [0.05, 0.1) is 12.2 Å². The normalized spacial score (nSPS) is 25.3. The van der Waals surface area contributed by atoms with E-state index in [9.17, 15) is 18.0 Å². The summed E-state index contributed by atoms with van der Waals surface area (Å²) < 4.78 is 36.0. The number of hydrogen-bond acceptors (Lipinski definition) is 3. The van der Waals surface area contributed by atoms with Crippen molar-refractivity contribution in [2.75, 3.05) is 12.3 Å². The highest BCUT2D eigenvalue weighted by molar-refractivity contribution is 8.00. The van der Waals surface area contributed by atoms with Gasteiger partial charge in [0.25, 0.3) is 0 Å². The highest BCUT2D eigenvalue weighted by Crippen LogP contribution is 2.30. The molecule has 0 aromatic carbocycles. The molecule has 1 saturated heterocycles. The topological polar surface area (TPSA) is 32.3 Å².